The van der Waals surface area contributed by atoms with E-state index in [1.54, 1.807) is 19.1 Å². The van der Waals surface area contributed by atoms with Crippen LogP contribution in [0, 0.1) is 0 Å². The number of hydrogen-bond donors (Lipinski definition) is 0. The average molecular weight is 456 g/mol. The first kappa shape index (κ1) is 19.7. The van der Waals surface area contributed by atoms with Crippen molar-refractivity contribution in [2.75, 3.05) is 19.1 Å². The van der Waals surface area contributed by atoms with Gasteiger partial charge >= 0.3 is 0 Å². The molecule has 2 aliphatic rings. The largest absolute Gasteiger partial charge is 0.497 e. The SMILES string of the molecule is COc1ccc(OC)c(C2CC(=O)N(c3ccc(Br)cc3)C3=C2C(=O)CCC3)c1. The summed E-state index contributed by atoms with van der Waals surface area (Å²) in [6, 6.07) is 13.1. The minimum atomic E-state index is -0.331. The van der Waals surface area contributed by atoms with Crippen molar-refractivity contribution in [3.8, 4) is 11.5 Å². The van der Waals surface area contributed by atoms with Gasteiger partial charge in [0.25, 0.3) is 0 Å². The predicted molar refractivity (Wildman–Crippen MR) is 114 cm³/mol. The number of methoxy groups -OCH3 is 2. The van der Waals surface area contributed by atoms with Crippen LogP contribution in [0.25, 0.3) is 0 Å². The molecule has 4 rings (SSSR count). The molecule has 0 spiro atoms. The lowest BCUT2D eigenvalue weighted by Gasteiger charge is -2.38. The number of carbonyl (C=O) groups excluding carboxylic acids is 2. The first-order valence-electron chi connectivity index (χ1n) is 9.60. The van der Waals surface area contributed by atoms with Crippen molar-refractivity contribution in [3.05, 3.63) is 63.8 Å². The van der Waals surface area contributed by atoms with Gasteiger partial charge in [0.1, 0.15) is 11.5 Å². The summed E-state index contributed by atoms with van der Waals surface area (Å²) in [6.45, 7) is 0. The molecule has 150 valence electrons. The molecule has 1 unspecified atom stereocenters. The van der Waals surface area contributed by atoms with Crippen molar-refractivity contribution in [1.82, 2.24) is 0 Å². The summed E-state index contributed by atoms with van der Waals surface area (Å²) < 4.78 is 11.9. The predicted octanol–water partition coefficient (Wildman–Crippen LogP) is 4.99. The highest BCUT2D eigenvalue weighted by Crippen LogP contribution is 2.46. The van der Waals surface area contributed by atoms with E-state index >= 15 is 0 Å². The van der Waals surface area contributed by atoms with Gasteiger partial charge in [-0.2, -0.15) is 0 Å². The zero-order valence-electron chi connectivity index (χ0n) is 16.4. The maximum atomic E-state index is 13.3. The van der Waals surface area contributed by atoms with Gasteiger partial charge < -0.3 is 9.47 Å². The molecule has 1 aliphatic carbocycles. The highest BCUT2D eigenvalue weighted by Gasteiger charge is 2.40. The van der Waals surface area contributed by atoms with Crippen molar-refractivity contribution in [3.63, 3.8) is 0 Å². The van der Waals surface area contributed by atoms with Gasteiger partial charge in [0.05, 0.1) is 14.2 Å². The number of nitrogens with zero attached hydrogens (tertiary/aromatic N) is 1. The summed E-state index contributed by atoms with van der Waals surface area (Å²) in [5.74, 6) is 1.09. The Hall–Kier alpha value is -2.60. The van der Waals surface area contributed by atoms with Crippen LogP contribution in [0.1, 0.15) is 37.2 Å². The van der Waals surface area contributed by atoms with E-state index < -0.39 is 0 Å². The average Bonchev–Trinajstić information content (AvgIpc) is 2.73. The quantitative estimate of drug-likeness (QED) is 0.651. The molecular formula is C23H22BrNO4. The Labute approximate surface area is 178 Å². The number of ether oxygens (including phenoxy) is 2. The van der Waals surface area contributed by atoms with Crippen LogP contribution in [-0.2, 0) is 9.59 Å². The number of rotatable bonds is 4. The van der Waals surface area contributed by atoms with Crippen molar-refractivity contribution in [1.29, 1.82) is 0 Å². The third-order valence-electron chi connectivity index (χ3n) is 5.57. The normalized spacial score (nSPS) is 19.3. The van der Waals surface area contributed by atoms with E-state index in [2.05, 4.69) is 15.9 Å². The Morgan fingerprint density at radius 3 is 2.45 bits per heavy atom. The first-order chi connectivity index (χ1) is 14.0. The number of carbonyl (C=O) groups is 2. The van der Waals surface area contributed by atoms with Crippen LogP contribution < -0.4 is 14.4 Å². The highest BCUT2D eigenvalue weighted by molar-refractivity contribution is 9.10. The van der Waals surface area contributed by atoms with Gasteiger partial charge in [0.15, 0.2) is 5.78 Å². The van der Waals surface area contributed by atoms with Crippen LogP contribution in [0.2, 0.25) is 0 Å². The van der Waals surface area contributed by atoms with Gasteiger partial charge in [0.2, 0.25) is 5.91 Å². The number of benzene rings is 2. The molecular weight excluding hydrogens is 434 g/mol. The number of Topliss-reactive ketones (excluding diaryl/α,β-unsaturated/α-hetero) is 1. The van der Waals surface area contributed by atoms with E-state index in [4.69, 9.17) is 9.47 Å². The Morgan fingerprint density at radius 2 is 1.76 bits per heavy atom. The van der Waals surface area contributed by atoms with E-state index in [-0.39, 0.29) is 24.0 Å². The smallest absolute Gasteiger partial charge is 0.232 e. The maximum absolute atomic E-state index is 13.3. The summed E-state index contributed by atoms with van der Waals surface area (Å²) in [5.41, 5.74) is 3.15. The second-order valence-corrected chi connectivity index (χ2v) is 8.12. The standard InChI is InChI=1S/C23H22BrNO4/c1-28-16-10-11-21(29-2)17(12-16)18-13-22(27)25(15-8-6-14(24)7-9-15)19-4-3-5-20(26)23(18)19/h6-12,18H,3-5,13H2,1-2H3. The number of amides is 1. The van der Waals surface area contributed by atoms with Crippen molar-refractivity contribution < 1.29 is 19.1 Å². The lowest BCUT2D eigenvalue weighted by molar-refractivity contribution is -0.119. The molecule has 0 saturated carbocycles. The molecule has 1 aliphatic heterocycles. The summed E-state index contributed by atoms with van der Waals surface area (Å²) in [4.78, 5) is 28.0. The maximum Gasteiger partial charge on any atom is 0.232 e. The van der Waals surface area contributed by atoms with E-state index in [1.165, 1.54) is 0 Å². The molecule has 0 saturated heterocycles. The zero-order chi connectivity index (χ0) is 20.5. The fourth-order valence-corrected chi connectivity index (χ4v) is 4.52. The van der Waals surface area contributed by atoms with Crippen molar-refractivity contribution in [2.24, 2.45) is 0 Å². The minimum Gasteiger partial charge on any atom is -0.497 e. The zero-order valence-corrected chi connectivity index (χ0v) is 18.0. The summed E-state index contributed by atoms with van der Waals surface area (Å²) in [6.07, 6.45) is 2.17. The third kappa shape index (κ3) is 3.57. The Morgan fingerprint density at radius 1 is 1.00 bits per heavy atom. The summed E-state index contributed by atoms with van der Waals surface area (Å²) >= 11 is 3.44. The van der Waals surface area contributed by atoms with Gasteiger partial charge in [-0.25, -0.2) is 0 Å². The Bertz CT molecular complexity index is 996. The van der Waals surface area contributed by atoms with E-state index in [0.717, 1.165) is 33.4 Å². The van der Waals surface area contributed by atoms with Gasteiger partial charge in [-0.15, -0.1) is 0 Å². The second kappa shape index (κ2) is 8.03. The molecule has 1 heterocycles. The molecule has 0 radical (unpaired) electrons. The molecule has 0 fully saturated rings. The van der Waals surface area contributed by atoms with Crippen LogP contribution in [0.5, 0.6) is 11.5 Å². The molecule has 5 nitrogen and oxygen atoms in total. The molecule has 29 heavy (non-hydrogen) atoms. The van der Waals surface area contributed by atoms with Gasteiger partial charge in [-0.1, -0.05) is 15.9 Å². The summed E-state index contributed by atoms with van der Waals surface area (Å²) in [7, 11) is 3.20. The number of hydrogen-bond acceptors (Lipinski definition) is 4. The Kier molecular flexibility index (Phi) is 5.46. The summed E-state index contributed by atoms with van der Waals surface area (Å²) in [5, 5.41) is 0. The minimum absolute atomic E-state index is 0.0179. The van der Waals surface area contributed by atoms with Crippen LogP contribution in [0.3, 0.4) is 0 Å². The number of ketones is 1. The molecule has 0 N–H and O–H groups in total. The molecule has 2 aromatic carbocycles. The van der Waals surface area contributed by atoms with E-state index in [9.17, 15) is 9.59 Å². The molecule has 0 aromatic heterocycles. The highest BCUT2D eigenvalue weighted by atomic mass is 79.9. The van der Waals surface area contributed by atoms with Gasteiger partial charge in [-0.3, -0.25) is 14.5 Å². The number of allylic oxidation sites excluding steroid dienone is 2. The molecule has 1 atom stereocenters. The van der Waals surface area contributed by atoms with E-state index in [0.29, 0.717) is 24.3 Å². The van der Waals surface area contributed by atoms with Crippen molar-refractivity contribution >= 4 is 33.3 Å². The van der Waals surface area contributed by atoms with E-state index in [1.807, 2.05) is 42.5 Å². The molecule has 0 bridgehead atoms. The molecule has 2 aromatic rings. The van der Waals surface area contributed by atoms with Crippen molar-refractivity contribution in [2.45, 2.75) is 31.6 Å². The number of anilines is 1. The molecule has 1 amide bonds. The monoisotopic (exact) mass is 455 g/mol. The van der Waals surface area contributed by atoms with Crippen LogP contribution in [0.4, 0.5) is 5.69 Å². The van der Waals surface area contributed by atoms with Gasteiger partial charge in [-0.05, 0) is 55.3 Å². The van der Waals surface area contributed by atoms with Crippen LogP contribution in [0.15, 0.2) is 58.2 Å². The number of halogens is 1. The molecule has 6 heteroatoms. The topological polar surface area (TPSA) is 55.8 Å². The van der Waals surface area contributed by atoms with Crippen LogP contribution in [-0.4, -0.2) is 25.9 Å². The lowest BCUT2D eigenvalue weighted by Crippen LogP contribution is -2.40. The second-order valence-electron chi connectivity index (χ2n) is 7.21. The third-order valence-corrected chi connectivity index (χ3v) is 6.10. The first-order valence-corrected chi connectivity index (χ1v) is 10.4. The Balaban J connectivity index is 1.88. The fourth-order valence-electron chi connectivity index (χ4n) is 4.26. The fraction of sp³-hybridized carbons (Fsp3) is 0.304. The lowest BCUT2D eigenvalue weighted by atomic mass is 9.76. The van der Waals surface area contributed by atoms with Gasteiger partial charge in [0, 0.05) is 45.8 Å². The van der Waals surface area contributed by atoms with Crippen LogP contribution >= 0.6 is 15.9 Å².